The molecule has 0 amide bonds. The molecular formula is C23H29N3O2. The Balaban J connectivity index is 1.71. The highest BCUT2D eigenvalue weighted by atomic mass is 16.1. The van der Waals surface area contributed by atoms with Gasteiger partial charge >= 0.3 is 0 Å². The lowest BCUT2D eigenvalue weighted by atomic mass is 9.70. The lowest BCUT2D eigenvalue weighted by Crippen LogP contribution is -2.44. The molecule has 5 nitrogen and oxygen atoms in total. The summed E-state index contributed by atoms with van der Waals surface area (Å²) < 4.78 is 1.86. The summed E-state index contributed by atoms with van der Waals surface area (Å²) in [6.07, 6.45) is 5.03. The summed E-state index contributed by atoms with van der Waals surface area (Å²) in [5, 5.41) is 4.43. The molecule has 2 heterocycles. The molecule has 0 aliphatic carbocycles. The van der Waals surface area contributed by atoms with Crippen LogP contribution >= 0.6 is 0 Å². The van der Waals surface area contributed by atoms with Crippen molar-refractivity contribution in [2.24, 2.45) is 0 Å². The first kappa shape index (κ1) is 20.1. The molecular weight excluding hydrogens is 350 g/mol. The number of aryl methyl sites for hydroxylation is 2. The van der Waals surface area contributed by atoms with E-state index in [4.69, 9.17) is 0 Å². The van der Waals surface area contributed by atoms with Crippen molar-refractivity contribution in [1.82, 2.24) is 14.7 Å². The molecule has 148 valence electrons. The molecule has 0 spiro atoms. The van der Waals surface area contributed by atoms with Crippen LogP contribution in [0.2, 0.25) is 0 Å². The maximum Gasteiger partial charge on any atom is 0.190 e. The number of Topliss-reactive ketones (excluding diaryl/α,β-unsaturated/α-hetero) is 1. The Morgan fingerprint density at radius 1 is 1.14 bits per heavy atom. The second-order valence-corrected chi connectivity index (χ2v) is 7.58. The summed E-state index contributed by atoms with van der Waals surface area (Å²) in [6, 6.07) is 10.1. The van der Waals surface area contributed by atoms with E-state index in [0.29, 0.717) is 5.56 Å². The monoisotopic (exact) mass is 379 g/mol. The number of ketones is 2. The second-order valence-electron chi connectivity index (χ2n) is 7.58. The molecule has 28 heavy (non-hydrogen) atoms. The quantitative estimate of drug-likeness (QED) is 0.565. The van der Waals surface area contributed by atoms with Gasteiger partial charge in [0.15, 0.2) is 5.78 Å². The predicted octanol–water partition coefficient (Wildman–Crippen LogP) is 3.84. The van der Waals surface area contributed by atoms with E-state index in [-0.39, 0.29) is 11.6 Å². The first-order valence-corrected chi connectivity index (χ1v) is 9.96. The number of rotatable bonds is 6. The lowest BCUT2D eigenvalue weighted by molar-refractivity contribution is -0.124. The van der Waals surface area contributed by atoms with E-state index in [0.717, 1.165) is 49.4 Å². The number of allylic oxidation sites excluding steroid dienone is 1. The fourth-order valence-corrected chi connectivity index (χ4v) is 4.27. The van der Waals surface area contributed by atoms with Gasteiger partial charge in [-0.1, -0.05) is 30.3 Å². The Labute approximate surface area is 167 Å². The Kier molecular flexibility index (Phi) is 5.82. The number of benzene rings is 1. The SMILES string of the molecule is CCn1nc(C)c(C(=O)/C=C/N2CCC(C(C)=O)(c3ccccc3)CC2)c1C. The number of likely N-dealkylation sites (tertiary alicyclic amines) is 1. The van der Waals surface area contributed by atoms with Crippen molar-refractivity contribution in [2.75, 3.05) is 13.1 Å². The average molecular weight is 380 g/mol. The summed E-state index contributed by atoms with van der Waals surface area (Å²) in [4.78, 5) is 27.3. The Hall–Kier alpha value is -2.69. The first-order chi connectivity index (χ1) is 13.4. The van der Waals surface area contributed by atoms with Crippen LogP contribution in [0.1, 0.15) is 54.0 Å². The molecule has 1 aromatic heterocycles. The van der Waals surface area contributed by atoms with Crippen LogP contribution in [0.25, 0.3) is 0 Å². The van der Waals surface area contributed by atoms with Gasteiger partial charge in [-0.05, 0) is 46.1 Å². The summed E-state index contributed by atoms with van der Waals surface area (Å²) >= 11 is 0. The van der Waals surface area contributed by atoms with Crippen LogP contribution in [0.5, 0.6) is 0 Å². The summed E-state index contributed by atoms with van der Waals surface area (Å²) in [7, 11) is 0. The maximum absolute atomic E-state index is 12.7. The third kappa shape index (κ3) is 3.66. The average Bonchev–Trinajstić information content (AvgIpc) is 3.00. The van der Waals surface area contributed by atoms with Crippen LogP contribution in [0.15, 0.2) is 42.6 Å². The molecule has 1 saturated heterocycles. The molecule has 1 fully saturated rings. The molecule has 0 bridgehead atoms. The highest BCUT2D eigenvalue weighted by Gasteiger charge is 2.39. The number of hydrogen-bond acceptors (Lipinski definition) is 4. The van der Waals surface area contributed by atoms with Crippen molar-refractivity contribution in [3.05, 3.63) is 65.1 Å². The minimum atomic E-state index is -0.412. The van der Waals surface area contributed by atoms with Gasteiger partial charge < -0.3 is 4.90 Å². The molecule has 2 aromatic rings. The number of nitrogens with zero attached hydrogens (tertiary/aromatic N) is 3. The molecule has 3 rings (SSSR count). The third-order valence-corrected chi connectivity index (χ3v) is 6.02. The number of aromatic nitrogens is 2. The van der Waals surface area contributed by atoms with Gasteiger partial charge in [-0.15, -0.1) is 0 Å². The zero-order valence-electron chi connectivity index (χ0n) is 17.2. The fourth-order valence-electron chi connectivity index (χ4n) is 4.27. The van der Waals surface area contributed by atoms with Gasteiger partial charge in [0.25, 0.3) is 0 Å². The molecule has 0 N–H and O–H groups in total. The Morgan fingerprint density at radius 2 is 1.79 bits per heavy atom. The van der Waals surface area contributed by atoms with Crippen LogP contribution < -0.4 is 0 Å². The van der Waals surface area contributed by atoms with E-state index >= 15 is 0 Å². The molecule has 0 saturated carbocycles. The second kappa shape index (κ2) is 8.13. The van der Waals surface area contributed by atoms with Crippen molar-refractivity contribution in [1.29, 1.82) is 0 Å². The molecule has 1 aliphatic rings. The van der Waals surface area contributed by atoms with E-state index < -0.39 is 5.41 Å². The zero-order chi connectivity index (χ0) is 20.3. The zero-order valence-corrected chi connectivity index (χ0v) is 17.2. The number of carbonyl (C=O) groups is 2. The van der Waals surface area contributed by atoms with Crippen molar-refractivity contribution < 1.29 is 9.59 Å². The smallest absolute Gasteiger partial charge is 0.190 e. The predicted molar refractivity (Wildman–Crippen MR) is 110 cm³/mol. The first-order valence-electron chi connectivity index (χ1n) is 9.96. The van der Waals surface area contributed by atoms with E-state index in [9.17, 15) is 9.59 Å². The molecule has 5 heteroatoms. The Bertz CT molecular complexity index is 888. The standard InChI is InChI=1S/C23H29N3O2/c1-5-26-18(3)22(17(2)24-26)21(28)11-14-25-15-12-23(13-16-25,19(4)27)20-9-7-6-8-10-20/h6-11,14H,5,12-13,15-16H2,1-4H3/b14-11+. The minimum absolute atomic E-state index is 0.0128. The van der Waals surface area contributed by atoms with Crippen molar-refractivity contribution >= 4 is 11.6 Å². The molecule has 0 radical (unpaired) electrons. The van der Waals surface area contributed by atoms with E-state index in [1.54, 1.807) is 13.0 Å². The summed E-state index contributed by atoms with van der Waals surface area (Å²) in [6.45, 7) is 9.79. The van der Waals surface area contributed by atoms with Crippen LogP contribution in [0, 0.1) is 13.8 Å². The Morgan fingerprint density at radius 3 is 2.32 bits per heavy atom. The van der Waals surface area contributed by atoms with Crippen molar-refractivity contribution in [3.63, 3.8) is 0 Å². The van der Waals surface area contributed by atoms with Gasteiger partial charge in [0.05, 0.1) is 16.7 Å². The largest absolute Gasteiger partial charge is 0.377 e. The molecule has 0 atom stereocenters. The van der Waals surface area contributed by atoms with E-state index in [1.807, 2.05) is 62.0 Å². The van der Waals surface area contributed by atoms with Gasteiger partial charge in [0, 0.05) is 37.6 Å². The summed E-state index contributed by atoms with van der Waals surface area (Å²) in [5.41, 5.74) is 3.06. The van der Waals surface area contributed by atoms with Crippen LogP contribution in [-0.4, -0.2) is 39.3 Å². The fraction of sp³-hybridized carbons (Fsp3) is 0.435. The third-order valence-electron chi connectivity index (χ3n) is 6.02. The topological polar surface area (TPSA) is 55.2 Å². The highest BCUT2D eigenvalue weighted by Crippen LogP contribution is 2.36. The van der Waals surface area contributed by atoms with Crippen LogP contribution in [-0.2, 0) is 16.8 Å². The lowest BCUT2D eigenvalue weighted by Gasteiger charge is -2.40. The van der Waals surface area contributed by atoms with Gasteiger partial charge in [-0.25, -0.2) is 0 Å². The van der Waals surface area contributed by atoms with Crippen LogP contribution in [0.3, 0.4) is 0 Å². The highest BCUT2D eigenvalue weighted by molar-refractivity contribution is 6.06. The van der Waals surface area contributed by atoms with Gasteiger partial charge in [-0.2, -0.15) is 5.10 Å². The normalized spacial score (nSPS) is 16.5. The van der Waals surface area contributed by atoms with Gasteiger partial charge in [0.2, 0.25) is 0 Å². The number of piperidine rings is 1. The minimum Gasteiger partial charge on any atom is -0.377 e. The molecule has 0 unspecified atom stereocenters. The number of hydrogen-bond donors (Lipinski definition) is 0. The maximum atomic E-state index is 12.7. The van der Waals surface area contributed by atoms with E-state index in [2.05, 4.69) is 10.00 Å². The molecule has 1 aromatic carbocycles. The van der Waals surface area contributed by atoms with Crippen LogP contribution in [0.4, 0.5) is 0 Å². The summed E-state index contributed by atoms with van der Waals surface area (Å²) in [5.74, 6) is 0.206. The van der Waals surface area contributed by atoms with Crippen molar-refractivity contribution in [2.45, 2.75) is 52.5 Å². The van der Waals surface area contributed by atoms with Gasteiger partial charge in [0.1, 0.15) is 5.78 Å². The van der Waals surface area contributed by atoms with Crippen molar-refractivity contribution in [3.8, 4) is 0 Å². The molecule has 1 aliphatic heterocycles. The van der Waals surface area contributed by atoms with Gasteiger partial charge in [-0.3, -0.25) is 14.3 Å². The van der Waals surface area contributed by atoms with E-state index in [1.165, 1.54) is 0 Å². The number of carbonyl (C=O) groups excluding carboxylic acids is 2.